The number of fused-ring (bicyclic) bond motifs is 3. The van der Waals surface area contributed by atoms with Crippen LogP contribution in [0.25, 0.3) is 0 Å². The fraction of sp³-hybridized carbons (Fsp3) is 0.727. The van der Waals surface area contributed by atoms with Gasteiger partial charge in [0.2, 0.25) is 0 Å². The number of hydrogen-bond acceptors (Lipinski definition) is 4. The Morgan fingerprint density at radius 3 is 2.56 bits per heavy atom. The number of nitrogens with zero attached hydrogens (tertiary/aromatic N) is 1. The molecule has 3 atom stereocenters. The van der Waals surface area contributed by atoms with Gasteiger partial charge in [-0.2, -0.15) is 0 Å². The number of aliphatic hydroxyl groups is 3. The molecular formula is C22H34FNO3. The number of piperidine rings is 1. The molecule has 3 N–H and O–H groups in total. The van der Waals surface area contributed by atoms with Gasteiger partial charge in [-0.25, -0.2) is 0 Å². The Morgan fingerprint density at radius 1 is 1.22 bits per heavy atom. The minimum Gasteiger partial charge on any atom is -0.392 e. The van der Waals surface area contributed by atoms with E-state index in [0.29, 0.717) is 25.2 Å². The second kappa shape index (κ2) is 8.56. The van der Waals surface area contributed by atoms with Crippen molar-refractivity contribution in [1.29, 1.82) is 0 Å². The number of aliphatic hydroxyl groups excluding tert-OH is 2. The maximum Gasteiger partial charge on any atom is 0.0895 e. The lowest BCUT2D eigenvalue weighted by molar-refractivity contribution is -0.109. The van der Waals surface area contributed by atoms with E-state index < -0.39 is 12.3 Å². The molecule has 152 valence electrons. The molecule has 1 saturated heterocycles. The third kappa shape index (κ3) is 4.21. The summed E-state index contributed by atoms with van der Waals surface area (Å²) in [5, 5.41) is 30.8. The fourth-order valence-corrected chi connectivity index (χ4v) is 5.15. The number of alkyl halides is 1. The van der Waals surface area contributed by atoms with Gasteiger partial charge in [-0.3, -0.25) is 9.29 Å². The highest BCUT2D eigenvalue weighted by molar-refractivity contribution is 5.42. The predicted octanol–water partition coefficient (Wildman–Crippen LogP) is 3.12. The molecule has 5 heteroatoms. The molecule has 1 aromatic carbocycles. The molecule has 0 unspecified atom stereocenters. The van der Waals surface area contributed by atoms with Gasteiger partial charge in [0.05, 0.1) is 25.5 Å². The van der Waals surface area contributed by atoms with E-state index in [1.165, 1.54) is 5.56 Å². The zero-order valence-corrected chi connectivity index (χ0v) is 16.6. The fourth-order valence-electron chi connectivity index (χ4n) is 5.15. The minimum absolute atomic E-state index is 0.0749. The van der Waals surface area contributed by atoms with Gasteiger partial charge in [0, 0.05) is 25.0 Å². The summed E-state index contributed by atoms with van der Waals surface area (Å²) in [6.07, 6.45) is 3.38. The Labute approximate surface area is 162 Å². The number of rotatable bonds is 7. The minimum atomic E-state index is -0.846. The monoisotopic (exact) mass is 378 g/mol. The Morgan fingerprint density at radius 2 is 1.93 bits per heavy atom. The first-order chi connectivity index (χ1) is 12.9. The van der Waals surface area contributed by atoms with Crippen LogP contribution in [0, 0.1) is 11.8 Å². The van der Waals surface area contributed by atoms with Crippen LogP contribution in [0.15, 0.2) is 12.1 Å². The van der Waals surface area contributed by atoms with Crippen molar-refractivity contribution in [3.63, 3.8) is 0 Å². The van der Waals surface area contributed by atoms with Gasteiger partial charge in [-0.1, -0.05) is 26.0 Å². The zero-order valence-electron chi connectivity index (χ0n) is 16.6. The second-order valence-corrected chi connectivity index (χ2v) is 8.82. The maximum absolute atomic E-state index is 12.9. The van der Waals surface area contributed by atoms with E-state index in [2.05, 4.69) is 18.7 Å². The molecule has 0 spiro atoms. The van der Waals surface area contributed by atoms with Crippen LogP contribution in [0.3, 0.4) is 0 Å². The van der Waals surface area contributed by atoms with E-state index in [9.17, 15) is 19.7 Å². The molecule has 0 amide bonds. The molecule has 0 radical (unpaired) electrons. The molecule has 0 bridgehead atoms. The van der Waals surface area contributed by atoms with E-state index in [1.54, 1.807) is 0 Å². The molecule has 1 aromatic rings. The van der Waals surface area contributed by atoms with Gasteiger partial charge in [-0.15, -0.1) is 0 Å². The van der Waals surface area contributed by atoms with Crippen molar-refractivity contribution in [2.24, 2.45) is 11.8 Å². The summed E-state index contributed by atoms with van der Waals surface area (Å²) in [5.74, 6) is 0.657. The molecule has 2 heterocycles. The summed E-state index contributed by atoms with van der Waals surface area (Å²) in [7, 11) is 0. The zero-order chi connectivity index (χ0) is 19.6. The lowest BCUT2D eigenvalue weighted by atomic mass is 9.69. The van der Waals surface area contributed by atoms with Crippen molar-refractivity contribution in [2.75, 3.05) is 19.8 Å². The molecule has 27 heavy (non-hydrogen) atoms. The highest BCUT2D eigenvalue weighted by atomic mass is 18.2. The predicted molar refractivity (Wildman–Crippen MR) is 104 cm³/mol. The van der Waals surface area contributed by atoms with Crippen molar-refractivity contribution >= 4 is 0 Å². The summed E-state index contributed by atoms with van der Waals surface area (Å²) in [4.78, 5) is 2.46. The second-order valence-electron chi connectivity index (χ2n) is 8.82. The summed E-state index contributed by atoms with van der Waals surface area (Å²) in [6, 6.07) is 4.12. The van der Waals surface area contributed by atoms with Crippen LogP contribution < -0.4 is 0 Å². The first-order valence-electron chi connectivity index (χ1n) is 10.3. The molecule has 2 aliphatic heterocycles. The number of hydrogen-bond donors (Lipinski definition) is 3. The lowest BCUT2D eigenvalue weighted by Crippen LogP contribution is -2.55. The molecule has 1 fully saturated rings. The Hall–Kier alpha value is -1.01. The summed E-state index contributed by atoms with van der Waals surface area (Å²) in [6.45, 7) is 5.56. The largest absolute Gasteiger partial charge is 0.392 e. The highest BCUT2D eigenvalue weighted by Gasteiger charge is 2.47. The number of benzene rings is 1. The van der Waals surface area contributed by atoms with Gasteiger partial charge < -0.3 is 15.3 Å². The van der Waals surface area contributed by atoms with Crippen LogP contribution in [-0.4, -0.2) is 45.6 Å². The highest BCUT2D eigenvalue weighted by Crippen LogP contribution is 2.47. The third-order valence-electron chi connectivity index (χ3n) is 6.53. The molecular weight excluding hydrogens is 344 g/mol. The van der Waals surface area contributed by atoms with Crippen molar-refractivity contribution in [3.05, 3.63) is 34.4 Å². The van der Waals surface area contributed by atoms with Crippen molar-refractivity contribution < 1.29 is 19.7 Å². The Bertz CT molecular complexity index is 651. The van der Waals surface area contributed by atoms with E-state index >= 15 is 0 Å². The van der Waals surface area contributed by atoms with Crippen LogP contribution in [0.2, 0.25) is 0 Å². The first-order valence-corrected chi connectivity index (χ1v) is 10.3. The summed E-state index contributed by atoms with van der Waals surface area (Å²) < 4.78 is 12.9. The smallest absolute Gasteiger partial charge is 0.0895 e. The standard InChI is InChI=1S/C22H34FNO3/c1-15(2)8-19-12-24-7-4-16-9-17(13-25)18(14-26)10-20(16)21(24)11-22(19,27)5-3-6-23/h9-10,15,19,21,25-27H,3-8,11-14H2,1-2H3/t19-,21-,22-/m1/s1/i23-1. The lowest BCUT2D eigenvalue weighted by Gasteiger charge is -2.52. The van der Waals surface area contributed by atoms with E-state index in [-0.39, 0.29) is 25.2 Å². The molecule has 2 aliphatic rings. The van der Waals surface area contributed by atoms with Gasteiger partial charge >= 0.3 is 0 Å². The van der Waals surface area contributed by atoms with Crippen LogP contribution in [-0.2, 0) is 19.6 Å². The Balaban J connectivity index is 1.93. The summed E-state index contributed by atoms with van der Waals surface area (Å²) >= 11 is 0. The third-order valence-corrected chi connectivity index (χ3v) is 6.53. The quantitative estimate of drug-likeness (QED) is 0.682. The van der Waals surface area contributed by atoms with Crippen LogP contribution >= 0.6 is 0 Å². The van der Waals surface area contributed by atoms with Crippen molar-refractivity contribution in [1.82, 2.24) is 4.90 Å². The SMILES string of the molecule is CC(C)C[C@@H]1CN2CCc3cc(CO)c(CO)cc3[C@H]2C[C@]1(O)CCC[18F]. The number of halogens is 1. The summed E-state index contributed by atoms with van der Waals surface area (Å²) in [5.41, 5.74) is 3.05. The average molecular weight is 379 g/mol. The van der Waals surface area contributed by atoms with Crippen LogP contribution in [0.1, 0.15) is 67.8 Å². The van der Waals surface area contributed by atoms with Crippen LogP contribution in [0.4, 0.5) is 4.39 Å². The van der Waals surface area contributed by atoms with Gasteiger partial charge in [0.1, 0.15) is 0 Å². The van der Waals surface area contributed by atoms with Gasteiger partial charge in [-0.05, 0) is 60.3 Å². The van der Waals surface area contributed by atoms with E-state index in [0.717, 1.165) is 42.6 Å². The normalized spacial score (nSPS) is 28.3. The maximum atomic E-state index is 12.9. The van der Waals surface area contributed by atoms with Crippen molar-refractivity contribution in [2.45, 2.75) is 70.8 Å². The molecule has 0 aromatic heterocycles. The van der Waals surface area contributed by atoms with E-state index in [4.69, 9.17) is 0 Å². The van der Waals surface area contributed by atoms with Crippen molar-refractivity contribution in [3.8, 4) is 0 Å². The molecule has 0 aliphatic carbocycles. The topological polar surface area (TPSA) is 63.9 Å². The molecule has 4 nitrogen and oxygen atoms in total. The first kappa shape index (κ1) is 20.7. The van der Waals surface area contributed by atoms with E-state index in [1.807, 2.05) is 12.1 Å². The molecule has 3 rings (SSSR count). The van der Waals surface area contributed by atoms with Crippen LogP contribution in [0.5, 0.6) is 0 Å². The van der Waals surface area contributed by atoms with Gasteiger partial charge in [0.15, 0.2) is 0 Å². The average Bonchev–Trinajstić information content (AvgIpc) is 2.65. The Kier molecular flexibility index (Phi) is 6.57. The molecule has 0 saturated carbocycles. The van der Waals surface area contributed by atoms with Gasteiger partial charge in [0.25, 0.3) is 0 Å².